The number of anilines is 1. The van der Waals surface area contributed by atoms with Gasteiger partial charge in [0.05, 0.1) is 0 Å². The number of alkyl halides is 3. The standard InChI is InChI=1S/C15H12ClF3N2O2/c1-9(23-11-7-5-10(16)6-8-11)14(22)21-13-4-2-3-12(20-13)15(17,18)19/h2-9H,1H3,(H,20,21,22). The van der Waals surface area contributed by atoms with Crippen molar-refractivity contribution in [2.45, 2.75) is 19.2 Å². The van der Waals surface area contributed by atoms with Crippen LogP contribution in [0.25, 0.3) is 0 Å². The van der Waals surface area contributed by atoms with Gasteiger partial charge in [0.15, 0.2) is 6.10 Å². The molecule has 1 amide bonds. The van der Waals surface area contributed by atoms with Gasteiger partial charge in [-0.3, -0.25) is 4.79 Å². The smallest absolute Gasteiger partial charge is 0.433 e. The van der Waals surface area contributed by atoms with Gasteiger partial charge in [0.1, 0.15) is 17.3 Å². The molecule has 0 saturated heterocycles. The first-order valence-electron chi connectivity index (χ1n) is 6.53. The number of pyridine rings is 1. The van der Waals surface area contributed by atoms with E-state index >= 15 is 0 Å². The molecular weight excluding hydrogens is 333 g/mol. The number of nitrogens with zero attached hydrogens (tertiary/aromatic N) is 1. The Labute approximate surface area is 135 Å². The summed E-state index contributed by atoms with van der Waals surface area (Å²) in [7, 11) is 0. The van der Waals surface area contributed by atoms with Crippen LogP contribution in [0.2, 0.25) is 5.02 Å². The monoisotopic (exact) mass is 344 g/mol. The summed E-state index contributed by atoms with van der Waals surface area (Å²) in [6.07, 6.45) is -5.50. The molecule has 0 radical (unpaired) electrons. The lowest BCUT2D eigenvalue weighted by atomic mass is 10.3. The van der Waals surface area contributed by atoms with E-state index in [1.165, 1.54) is 13.0 Å². The lowest BCUT2D eigenvalue weighted by molar-refractivity contribution is -0.141. The van der Waals surface area contributed by atoms with Crippen LogP contribution in [-0.4, -0.2) is 17.0 Å². The highest BCUT2D eigenvalue weighted by Gasteiger charge is 2.32. The zero-order chi connectivity index (χ0) is 17.0. The second-order valence-electron chi connectivity index (χ2n) is 4.61. The second-order valence-corrected chi connectivity index (χ2v) is 5.05. The molecule has 122 valence electrons. The first-order chi connectivity index (χ1) is 10.8. The summed E-state index contributed by atoms with van der Waals surface area (Å²) in [5.74, 6) is -0.405. The van der Waals surface area contributed by atoms with Crippen LogP contribution < -0.4 is 10.1 Å². The van der Waals surface area contributed by atoms with E-state index in [9.17, 15) is 18.0 Å². The van der Waals surface area contributed by atoms with Gasteiger partial charge in [-0.25, -0.2) is 4.98 Å². The SMILES string of the molecule is CC(Oc1ccc(Cl)cc1)C(=O)Nc1cccc(C(F)(F)F)n1. The second kappa shape index (κ2) is 6.87. The lowest BCUT2D eigenvalue weighted by Crippen LogP contribution is -2.30. The van der Waals surface area contributed by atoms with E-state index in [0.29, 0.717) is 10.8 Å². The van der Waals surface area contributed by atoms with Crippen molar-refractivity contribution in [1.29, 1.82) is 0 Å². The van der Waals surface area contributed by atoms with Crippen LogP contribution in [0.4, 0.5) is 19.0 Å². The maximum absolute atomic E-state index is 12.6. The summed E-state index contributed by atoms with van der Waals surface area (Å²) < 4.78 is 43.1. The Bertz CT molecular complexity index is 690. The molecule has 0 aliphatic heterocycles. The number of hydrogen-bond donors (Lipinski definition) is 1. The van der Waals surface area contributed by atoms with Gasteiger partial charge < -0.3 is 10.1 Å². The van der Waals surface area contributed by atoms with Crippen LogP contribution in [-0.2, 0) is 11.0 Å². The minimum atomic E-state index is -4.58. The topological polar surface area (TPSA) is 51.2 Å². The van der Waals surface area contributed by atoms with Crippen LogP contribution in [0.15, 0.2) is 42.5 Å². The Balaban J connectivity index is 2.02. The summed E-state index contributed by atoms with van der Waals surface area (Å²) in [5.41, 5.74) is -1.08. The fourth-order valence-electron chi connectivity index (χ4n) is 1.66. The molecule has 0 spiro atoms. The van der Waals surface area contributed by atoms with Crippen molar-refractivity contribution >= 4 is 23.3 Å². The quantitative estimate of drug-likeness (QED) is 0.906. The molecule has 1 atom stereocenters. The minimum absolute atomic E-state index is 0.198. The number of carbonyl (C=O) groups is 1. The summed E-state index contributed by atoms with van der Waals surface area (Å²) in [6.45, 7) is 1.47. The van der Waals surface area contributed by atoms with Gasteiger partial charge in [0.2, 0.25) is 0 Å². The number of rotatable bonds is 4. The van der Waals surface area contributed by atoms with Gasteiger partial charge in [0, 0.05) is 5.02 Å². The molecule has 0 aliphatic rings. The summed E-state index contributed by atoms with van der Waals surface area (Å²) in [5, 5.41) is 2.80. The Hall–Kier alpha value is -2.28. The summed E-state index contributed by atoms with van der Waals surface area (Å²) in [6, 6.07) is 9.59. The number of amides is 1. The molecule has 0 bridgehead atoms. The van der Waals surface area contributed by atoms with Crippen LogP contribution >= 0.6 is 11.6 Å². The van der Waals surface area contributed by atoms with E-state index in [-0.39, 0.29) is 5.82 Å². The van der Waals surface area contributed by atoms with Gasteiger partial charge >= 0.3 is 6.18 Å². The first kappa shape index (κ1) is 17.1. The van der Waals surface area contributed by atoms with Crippen molar-refractivity contribution in [1.82, 2.24) is 4.98 Å². The molecule has 2 aromatic rings. The number of benzene rings is 1. The van der Waals surface area contributed by atoms with Gasteiger partial charge in [-0.1, -0.05) is 17.7 Å². The van der Waals surface area contributed by atoms with Crippen molar-refractivity contribution in [3.05, 3.63) is 53.2 Å². The molecule has 1 unspecified atom stereocenters. The Morgan fingerprint density at radius 2 is 1.87 bits per heavy atom. The zero-order valence-corrected chi connectivity index (χ0v) is 12.7. The van der Waals surface area contributed by atoms with Crippen molar-refractivity contribution < 1.29 is 22.7 Å². The Morgan fingerprint density at radius 1 is 1.22 bits per heavy atom. The highest BCUT2D eigenvalue weighted by atomic mass is 35.5. The zero-order valence-electron chi connectivity index (χ0n) is 11.9. The average molecular weight is 345 g/mol. The maximum atomic E-state index is 12.6. The molecule has 0 aliphatic carbocycles. The van der Waals surface area contributed by atoms with Gasteiger partial charge in [-0.05, 0) is 43.3 Å². The fourth-order valence-corrected chi connectivity index (χ4v) is 1.79. The number of halogens is 4. The average Bonchev–Trinajstić information content (AvgIpc) is 2.49. The van der Waals surface area contributed by atoms with Crippen molar-refractivity contribution in [2.75, 3.05) is 5.32 Å². The number of hydrogen-bond acceptors (Lipinski definition) is 3. The van der Waals surface area contributed by atoms with Crippen LogP contribution in [0, 0.1) is 0 Å². The third kappa shape index (κ3) is 4.85. The van der Waals surface area contributed by atoms with E-state index in [1.807, 2.05) is 0 Å². The molecular formula is C15H12ClF3N2O2. The molecule has 8 heteroatoms. The molecule has 2 rings (SSSR count). The first-order valence-corrected chi connectivity index (χ1v) is 6.91. The number of ether oxygens (including phenoxy) is 1. The van der Waals surface area contributed by atoms with E-state index in [2.05, 4.69) is 10.3 Å². The van der Waals surface area contributed by atoms with Crippen LogP contribution in [0.1, 0.15) is 12.6 Å². The number of aromatic nitrogens is 1. The summed E-state index contributed by atoms with van der Waals surface area (Å²) >= 11 is 5.73. The van der Waals surface area contributed by atoms with Gasteiger partial charge in [0.25, 0.3) is 5.91 Å². The maximum Gasteiger partial charge on any atom is 0.433 e. The summed E-state index contributed by atoms with van der Waals surface area (Å²) in [4.78, 5) is 15.3. The third-order valence-corrected chi connectivity index (χ3v) is 3.04. The van der Waals surface area contributed by atoms with Gasteiger partial charge in [-0.15, -0.1) is 0 Å². The molecule has 1 aromatic heterocycles. The number of carbonyl (C=O) groups excluding carboxylic acids is 1. The third-order valence-electron chi connectivity index (χ3n) is 2.79. The molecule has 23 heavy (non-hydrogen) atoms. The molecule has 1 heterocycles. The Morgan fingerprint density at radius 3 is 2.48 bits per heavy atom. The van der Waals surface area contributed by atoms with Crippen LogP contribution in [0.5, 0.6) is 5.75 Å². The van der Waals surface area contributed by atoms with Crippen molar-refractivity contribution in [3.8, 4) is 5.75 Å². The normalized spacial score (nSPS) is 12.6. The highest BCUT2D eigenvalue weighted by molar-refractivity contribution is 6.30. The molecule has 4 nitrogen and oxygen atoms in total. The Kier molecular flexibility index (Phi) is 5.10. The minimum Gasteiger partial charge on any atom is -0.481 e. The highest BCUT2D eigenvalue weighted by Crippen LogP contribution is 2.28. The molecule has 0 saturated carbocycles. The van der Waals surface area contributed by atoms with E-state index in [0.717, 1.165) is 12.1 Å². The predicted molar refractivity (Wildman–Crippen MR) is 79.4 cm³/mol. The predicted octanol–water partition coefficient (Wildman–Crippen LogP) is 4.16. The van der Waals surface area contributed by atoms with Gasteiger partial charge in [-0.2, -0.15) is 13.2 Å². The fraction of sp³-hybridized carbons (Fsp3) is 0.200. The van der Waals surface area contributed by atoms with Crippen molar-refractivity contribution in [2.24, 2.45) is 0 Å². The lowest BCUT2D eigenvalue weighted by Gasteiger charge is -2.15. The van der Waals surface area contributed by atoms with Crippen molar-refractivity contribution in [3.63, 3.8) is 0 Å². The van der Waals surface area contributed by atoms with E-state index in [1.54, 1.807) is 24.3 Å². The molecule has 1 N–H and O–H groups in total. The number of nitrogens with one attached hydrogen (secondary N) is 1. The van der Waals surface area contributed by atoms with E-state index < -0.39 is 23.9 Å². The molecule has 0 fully saturated rings. The van der Waals surface area contributed by atoms with Crippen LogP contribution in [0.3, 0.4) is 0 Å². The largest absolute Gasteiger partial charge is 0.481 e. The molecule has 1 aromatic carbocycles. The van der Waals surface area contributed by atoms with E-state index in [4.69, 9.17) is 16.3 Å².